The van der Waals surface area contributed by atoms with Crippen molar-refractivity contribution >= 4 is 23.4 Å². The van der Waals surface area contributed by atoms with E-state index in [1.807, 2.05) is 34.9 Å². The molecule has 0 bridgehead atoms. The first kappa shape index (κ1) is 23.2. The third-order valence-corrected chi connectivity index (χ3v) is 7.10. The average Bonchev–Trinajstić information content (AvgIpc) is 3.02. The number of nitrogens with one attached hydrogen (secondary N) is 1. The third-order valence-electron chi connectivity index (χ3n) is 6.01. The summed E-state index contributed by atoms with van der Waals surface area (Å²) in [7, 11) is 0. The van der Waals surface area contributed by atoms with Crippen molar-refractivity contribution in [3.8, 4) is 17.1 Å². The summed E-state index contributed by atoms with van der Waals surface area (Å²) in [6.45, 7) is 2.41. The van der Waals surface area contributed by atoms with Gasteiger partial charge in [0, 0.05) is 24.0 Å². The number of hydrogen-bond acceptors (Lipinski definition) is 5. The van der Waals surface area contributed by atoms with Crippen LogP contribution in [-0.4, -0.2) is 30.5 Å². The van der Waals surface area contributed by atoms with Crippen LogP contribution in [0.2, 0.25) is 0 Å². The molecule has 10 heteroatoms. The second-order valence-corrected chi connectivity index (χ2v) is 9.74. The molecule has 1 amide bonds. The Morgan fingerprint density at radius 3 is 2.66 bits per heavy atom. The Balaban J connectivity index is 1.50. The van der Waals surface area contributed by atoms with Gasteiger partial charge in [-0.2, -0.15) is 4.68 Å². The van der Waals surface area contributed by atoms with Gasteiger partial charge in [0.25, 0.3) is 5.56 Å². The van der Waals surface area contributed by atoms with Crippen LogP contribution in [0.4, 0.5) is 14.5 Å². The Bertz CT molecular complexity index is 1420. The van der Waals surface area contributed by atoms with Gasteiger partial charge in [-0.05, 0) is 50.5 Å². The van der Waals surface area contributed by atoms with E-state index in [0.717, 1.165) is 43.5 Å². The second kappa shape index (κ2) is 9.61. The van der Waals surface area contributed by atoms with E-state index in [0.29, 0.717) is 28.8 Å². The number of para-hydroxylation sites is 1. The van der Waals surface area contributed by atoms with Gasteiger partial charge in [-0.25, -0.2) is 13.8 Å². The van der Waals surface area contributed by atoms with Crippen LogP contribution in [-0.2, 0) is 17.8 Å². The smallest absolute Gasteiger partial charge is 0.284 e. The minimum atomic E-state index is -1.03. The van der Waals surface area contributed by atoms with Crippen molar-refractivity contribution in [2.24, 2.45) is 0 Å². The van der Waals surface area contributed by atoms with Gasteiger partial charge < -0.3 is 9.88 Å². The van der Waals surface area contributed by atoms with Gasteiger partial charge >= 0.3 is 0 Å². The highest BCUT2D eigenvalue weighted by Crippen LogP contribution is 2.32. The zero-order valence-electron chi connectivity index (χ0n) is 19.0. The number of anilines is 1. The number of halogens is 2. The Kier molecular flexibility index (Phi) is 6.38. The fraction of sp³-hybridized carbons (Fsp3) is 0.280. The molecule has 180 valence electrons. The van der Waals surface area contributed by atoms with Crippen LogP contribution in [0.1, 0.15) is 31.9 Å². The molecule has 5 rings (SSSR count). The van der Waals surface area contributed by atoms with E-state index in [2.05, 4.69) is 10.4 Å². The van der Waals surface area contributed by atoms with Crippen molar-refractivity contribution in [1.82, 2.24) is 19.3 Å². The van der Waals surface area contributed by atoms with Gasteiger partial charge in [0.2, 0.25) is 5.91 Å². The van der Waals surface area contributed by atoms with E-state index in [1.165, 1.54) is 22.5 Å². The van der Waals surface area contributed by atoms with E-state index in [9.17, 15) is 18.4 Å². The molecule has 7 nitrogen and oxygen atoms in total. The summed E-state index contributed by atoms with van der Waals surface area (Å²) in [6, 6.07) is 12.4. The summed E-state index contributed by atoms with van der Waals surface area (Å²) >= 11 is 1.25. The molecule has 2 aromatic carbocycles. The molecule has 0 aliphatic carbocycles. The number of benzene rings is 2. The van der Waals surface area contributed by atoms with Gasteiger partial charge in [-0.1, -0.05) is 36.4 Å². The van der Waals surface area contributed by atoms with Crippen LogP contribution >= 0.6 is 11.8 Å². The van der Waals surface area contributed by atoms with Gasteiger partial charge in [-0.3, -0.25) is 9.59 Å². The number of rotatable bonds is 5. The molecule has 3 heterocycles. The minimum absolute atomic E-state index is 0.175. The molecule has 0 radical (unpaired) electrons. The molecule has 1 N–H and O–H groups in total. The summed E-state index contributed by atoms with van der Waals surface area (Å²) in [5.41, 5.74) is 2.03. The number of hydrogen-bond donors (Lipinski definition) is 1. The van der Waals surface area contributed by atoms with Crippen LogP contribution in [0, 0.1) is 11.6 Å². The quantitative estimate of drug-likeness (QED) is 0.322. The summed E-state index contributed by atoms with van der Waals surface area (Å²) in [6.07, 6.45) is 3.64. The summed E-state index contributed by atoms with van der Waals surface area (Å²) in [5, 5.41) is 7.14. The van der Waals surface area contributed by atoms with Crippen LogP contribution < -0.4 is 10.9 Å². The molecule has 1 unspecified atom stereocenters. The van der Waals surface area contributed by atoms with Crippen LogP contribution in [0.3, 0.4) is 0 Å². The zero-order chi connectivity index (χ0) is 24.5. The molecule has 0 aromatic heterocycles. The Labute approximate surface area is 204 Å². The number of carbonyl (C=O) groups is 1. The number of fused-ring (bicyclic) bond motifs is 3. The lowest BCUT2D eigenvalue weighted by molar-refractivity contribution is -0.115. The van der Waals surface area contributed by atoms with Crippen molar-refractivity contribution in [1.29, 1.82) is 0 Å². The molecule has 0 spiro atoms. The van der Waals surface area contributed by atoms with Gasteiger partial charge in [0.1, 0.15) is 5.56 Å². The highest BCUT2D eigenvalue weighted by molar-refractivity contribution is 8.00. The molecular weight excluding hydrogens is 472 g/mol. The number of aromatic nitrogens is 4. The third kappa shape index (κ3) is 4.58. The predicted molar refractivity (Wildman–Crippen MR) is 130 cm³/mol. The van der Waals surface area contributed by atoms with E-state index < -0.39 is 16.9 Å². The largest absolute Gasteiger partial charge is 0.325 e. The molecule has 3 aliphatic heterocycles. The molecule has 35 heavy (non-hydrogen) atoms. The highest BCUT2D eigenvalue weighted by Gasteiger charge is 2.28. The average molecular weight is 496 g/mol. The van der Waals surface area contributed by atoms with E-state index in [4.69, 9.17) is 4.98 Å². The Morgan fingerprint density at radius 2 is 1.89 bits per heavy atom. The van der Waals surface area contributed by atoms with Crippen molar-refractivity contribution in [3.63, 3.8) is 0 Å². The van der Waals surface area contributed by atoms with E-state index in [1.54, 1.807) is 6.92 Å². The molecule has 1 atom stereocenters. The number of carbonyl (C=O) groups excluding carboxylic acids is 1. The predicted octanol–water partition coefficient (Wildman–Crippen LogP) is 4.66. The van der Waals surface area contributed by atoms with Crippen LogP contribution in [0.15, 0.2) is 58.5 Å². The SMILES string of the molecule is CC(Sc1nc2nn(-c3ccccc3)c(=O)c-2c2n1CCCCC2)C(=O)Nc1ccc(F)c(F)c1. The van der Waals surface area contributed by atoms with Crippen LogP contribution in [0.5, 0.6) is 0 Å². The maximum absolute atomic E-state index is 13.5. The number of thioether (sulfide) groups is 1. The maximum Gasteiger partial charge on any atom is 0.284 e. The molecular formula is C25H23F2N5O2S. The van der Waals surface area contributed by atoms with Crippen LogP contribution in [0.25, 0.3) is 17.1 Å². The number of amides is 1. The minimum Gasteiger partial charge on any atom is -0.325 e. The van der Waals surface area contributed by atoms with E-state index >= 15 is 0 Å². The Morgan fingerprint density at radius 1 is 1.09 bits per heavy atom. The monoisotopic (exact) mass is 495 g/mol. The van der Waals surface area contributed by atoms with Crippen molar-refractivity contribution < 1.29 is 13.6 Å². The zero-order valence-corrected chi connectivity index (χ0v) is 19.8. The molecule has 0 saturated heterocycles. The molecule has 3 aliphatic rings. The normalized spacial score (nSPS) is 14.4. The first-order chi connectivity index (χ1) is 16.9. The summed E-state index contributed by atoms with van der Waals surface area (Å²) in [5.74, 6) is -2.03. The molecule has 0 fully saturated rings. The molecule has 2 aromatic rings. The first-order valence-corrected chi connectivity index (χ1v) is 12.3. The van der Waals surface area contributed by atoms with Gasteiger partial charge in [0.05, 0.1) is 10.9 Å². The fourth-order valence-corrected chi connectivity index (χ4v) is 5.17. The maximum atomic E-state index is 13.5. The van der Waals surface area contributed by atoms with Crippen molar-refractivity contribution in [2.45, 2.75) is 49.6 Å². The standard InChI is InChI=1S/C25H23F2N5O2S/c1-15(23(33)28-16-11-12-18(26)19(27)14-16)35-25-29-22-21(20-10-6-3-7-13-31(20)25)24(34)32(30-22)17-8-4-2-5-9-17/h2,4-5,8-9,11-12,14-15H,3,6-7,10,13H2,1H3,(H,28,33). The fourth-order valence-electron chi connectivity index (χ4n) is 4.22. The first-order valence-electron chi connectivity index (χ1n) is 11.4. The Hall–Kier alpha value is -3.53. The second-order valence-electron chi connectivity index (χ2n) is 8.43. The lowest BCUT2D eigenvalue weighted by Crippen LogP contribution is -2.24. The van der Waals surface area contributed by atoms with E-state index in [-0.39, 0.29) is 17.2 Å². The summed E-state index contributed by atoms with van der Waals surface area (Å²) in [4.78, 5) is 30.8. The highest BCUT2D eigenvalue weighted by atomic mass is 32.2. The molecule has 0 saturated carbocycles. The van der Waals surface area contributed by atoms with Gasteiger partial charge in [0.15, 0.2) is 22.6 Å². The topological polar surface area (TPSA) is 81.8 Å². The van der Waals surface area contributed by atoms with Crippen molar-refractivity contribution in [3.05, 3.63) is 76.2 Å². The van der Waals surface area contributed by atoms with Crippen molar-refractivity contribution in [2.75, 3.05) is 5.32 Å². The summed E-state index contributed by atoms with van der Waals surface area (Å²) < 4.78 is 30.1. The lowest BCUT2D eigenvalue weighted by atomic mass is 10.1. The lowest BCUT2D eigenvalue weighted by Gasteiger charge is -2.19. The van der Waals surface area contributed by atoms with Gasteiger partial charge in [-0.15, -0.1) is 5.10 Å². The number of nitrogens with zero attached hydrogens (tertiary/aromatic N) is 4.